The Hall–Kier alpha value is -4.24. The van der Waals surface area contributed by atoms with Crippen LogP contribution >= 0.6 is 11.8 Å². The predicted octanol–water partition coefficient (Wildman–Crippen LogP) is 5.48. The van der Waals surface area contributed by atoms with E-state index in [1.165, 1.54) is 0 Å². The van der Waals surface area contributed by atoms with Crippen molar-refractivity contribution in [3.8, 4) is 11.1 Å². The molecule has 0 aliphatic carbocycles. The summed E-state index contributed by atoms with van der Waals surface area (Å²) in [5.41, 5.74) is 5.22. The van der Waals surface area contributed by atoms with Crippen LogP contribution in [0.15, 0.2) is 84.3 Å². The Kier molecular flexibility index (Phi) is 10.7. The summed E-state index contributed by atoms with van der Waals surface area (Å²) in [5, 5.41) is 21.1. The van der Waals surface area contributed by atoms with Crippen molar-refractivity contribution < 1.29 is 37.3 Å². The average Bonchev–Trinajstić information content (AvgIpc) is 3.78. The van der Waals surface area contributed by atoms with Gasteiger partial charge < -0.3 is 29.4 Å². The number of nitrogens with one attached hydrogen (secondary N) is 1. The van der Waals surface area contributed by atoms with E-state index in [4.69, 9.17) is 9.47 Å². The molecule has 3 heterocycles. The molecule has 10 nitrogen and oxygen atoms in total. The third-order valence-corrected chi connectivity index (χ3v) is 9.82. The average molecular weight is 696 g/mol. The third kappa shape index (κ3) is 8.32. The Bertz CT molecular complexity index is 1750. The van der Waals surface area contributed by atoms with Crippen LogP contribution in [0, 0.1) is 0 Å². The largest absolute Gasteiger partial charge is 0.471 e. The van der Waals surface area contributed by atoms with E-state index in [1.54, 1.807) is 18.1 Å². The highest BCUT2D eigenvalue weighted by Gasteiger charge is 2.47. The highest BCUT2D eigenvalue weighted by molar-refractivity contribution is 7.99. The van der Waals surface area contributed by atoms with Crippen LogP contribution in [0.2, 0.25) is 0 Å². The maximum Gasteiger partial charge on any atom is 0.471 e. The van der Waals surface area contributed by atoms with Crippen molar-refractivity contribution in [2.75, 3.05) is 12.3 Å². The van der Waals surface area contributed by atoms with Crippen molar-refractivity contribution in [3.05, 3.63) is 101 Å². The lowest BCUT2D eigenvalue weighted by Gasteiger charge is -2.36. The molecule has 2 amide bonds. The number of aryl methyl sites for hydroxylation is 1. The molecule has 2 aliphatic heterocycles. The van der Waals surface area contributed by atoms with Gasteiger partial charge in [-0.2, -0.15) is 13.2 Å². The Labute approximate surface area is 285 Å². The van der Waals surface area contributed by atoms with Gasteiger partial charge in [0, 0.05) is 37.9 Å². The smallest absolute Gasteiger partial charge is 0.392 e. The monoisotopic (exact) mass is 695 g/mol. The maximum atomic E-state index is 13.0. The third-order valence-electron chi connectivity index (χ3n) is 8.65. The minimum atomic E-state index is -5.02. The van der Waals surface area contributed by atoms with Crippen LogP contribution in [0.1, 0.15) is 53.9 Å². The van der Waals surface area contributed by atoms with Gasteiger partial charge in [0.15, 0.2) is 11.4 Å². The Morgan fingerprint density at radius 1 is 1.00 bits per heavy atom. The van der Waals surface area contributed by atoms with Gasteiger partial charge >= 0.3 is 12.1 Å². The van der Waals surface area contributed by atoms with Crippen molar-refractivity contribution in [2.45, 2.75) is 68.3 Å². The molecule has 2 fully saturated rings. The van der Waals surface area contributed by atoms with Crippen LogP contribution in [0.5, 0.6) is 0 Å². The SMILES string of the molecule is Cn1cnnc1SCC1CC(c2ccc(CO)cc2)OC(c2ccc(-c3cccc(CNC(=O)C4CCCN4C(=O)C(F)(F)F)c3)cc2)O1. The second kappa shape index (κ2) is 15.1. The van der Waals surface area contributed by atoms with Gasteiger partial charge in [-0.15, -0.1) is 10.2 Å². The fourth-order valence-electron chi connectivity index (χ4n) is 6.04. The van der Waals surface area contributed by atoms with E-state index < -0.39 is 30.3 Å². The molecular formula is C35H36F3N5O5S. The first kappa shape index (κ1) is 34.6. The summed E-state index contributed by atoms with van der Waals surface area (Å²) in [4.78, 5) is 25.2. The van der Waals surface area contributed by atoms with E-state index in [9.17, 15) is 27.9 Å². The number of amides is 2. The number of aliphatic hydroxyl groups excluding tert-OH is 1. The van der Waals surface area contributed by atoms with Gasteiger partial charge in [-0.3, -0.25) is 9.59 Å². The van der Waals surface area contributed by atoms with Crippen molar-refractivity contribution in [3.63, 3.8) is 0 Å². The molecule has 0 bridgehead atoms. The molecule has 258 valence electrons. The van der Waals surface area contributed by atoms with Crippen LogP contribution in [0.4, 0.5) is 13.2 Å². The predicted molar refractivity (Wildman–Crippen MR) is 175 cm³/mol. The second-order valence-electron chi connectivity index (χ2n) is 12.1. The number of aromatic nitrogens is 3. The highest BCUT2D eigenvalue weighted by Crippen LogP contribution is 2.40. The minimum Gasteiger partial charge on any atom is -0.392 e. The van der Waals surface area contributed by atoms with Crippen LogP contribution in [-0.2, 0) is 39.3 Å². The zero-order chi connectivity index (χ0) is 34.5. The topological polar surface area (TPSA) is 119 Å². The fourth-order valence-corrected chi connectivity index (χ4v) is 6.94. The molecule has 1 aromatic heterocycles. The molecule has 0 spiro atoms. The molecule has 2 N–H and O–H groups in total. The zero-order valence-electron chi connectivity index (χ0n) is 26.7. The summed E-state index contributed by atoms with van der Waals surface area (Å²) in [5.74, 6) is -1.94. The normalized spacial score (nSPS) is 21.1. The number of benzene rings is 3. The lowest BCUT2D eigenvalue weighted by molar-refractivity contribution is -0.245. The van der Waals surface area contributed by atoms with Crippen LogP contribution < -0.4 is 5.32 Å². The van der Waals surface area contributed by atoms with Crippen LogP contribution in [-0.4, -0.2) is 67.2 Å². The molecule has 0 radical (unpaired) electrons. The van der Waals surface area contributed by atoms with E-state index >= 15 is 0 Å². The number of carbonyl (C=O) groups is 2. The quantitative estimate of drug-likeness (QED) is 0.210. The van der Waals surface area contributed by atoms with Crippen molar-refractivity contribution >= 4 is 23.6 Å². The number of hydrogen-bond donors (Lipinski definition) is 2. The van der Waals surface area contributed by atoms with Crippen molar-refractivity contribution in [2.24, 2.45) is 7.05 Å². The number of carbonyl (C=O) groups excluding carboxylic acids is 2. The van der Waals surface area contributed by atoms with E-state index in [1.807, 2.05) is 84.4 Å². The molecular weight excluding hydrogens is 659 g/mol. The summed E-state index contributed by atoms with van der Waals surface area (Å²) >= 11 is 1.56. The summed E-state index contributed by atoms with van der Waals surface area (Å²) in [6.07, 6.45) is -3.20. The lowest BCUT2D eigenvalue weighted by atomic mass is 9.99. The number of ether oxygens (including phenoxy) is 2. The van der Waals surface area contributed by atoms with Crippen LogP contribution in [0.3, 0.4) is 0 Å². The molecule has 2 saturated heterocycles. The molecule has 4 aromatic rings. The van der Waals surface area contributed by atoms with Gasteiger partial charge in [-0.25, -0.2) is 0 Å². The minimum absolute atomic E-state index is 0.0366. The molecule has 49 heavy (non-hydrogen) atoms. The van der Waals surface area contributed by atoms with E-state index in [0.29, 0.717) is 23.5 Å². The van der Waals surface area contributed by atoms with E-state index in [0.717, 1.165) is 38.5 Å². The molecule has 2 aliphatic rings. The van der Waals surface area contributed by atoms with Gasteiger partial charge in [-0.05, 0) is 46.7 Å². The summed E-state index contributed by atoms with van der Waals surface area (Å²) in [7, 11) is 1.89. The molecule has 0 saturated carbocycles. The lowest BCUT2D eigenvalue weighted by Crippen LogP contribution is -2.50. The second-order valence-corrected chi connectivity index (χ2v) is 13.1. The van der Waals surface area contributed by atoms with E-state index in [2.05, 4.69) is 15.5 Å². The zero-order valence-corrected chi connectivity index (χ0v) is 27.5. The summed E-state index contributed by atoms with van der Waals surface area (Å²) < 4.78 is 53.8. The standard InChI is InChI=1S/C35H36F3N5O5S/c1-42-21-40-41-34(42)49-20-28-17-30(25-9-7-22(19-44)8-10-25)48-32(47-28)26-13-11-24(12-14-26)27-5-2-4-23(16-27)18-39-31(45)29-6-3-15-43(29)33(46)35(36,37)38/h2,4-5,7-14,16,21,28-30,32,44H,3,6,15,17-20H2,1H3,(H,39,45). The Morgan fingerprint density at radius 3 is 2.45 bits per heavy atom. The van der Waals surface area contributed by atoms with Crippen molar-refractivity contribution in [1.82, 2.24) is 25.0 Å². The number of alkyl halides is 3. The van der Waals surface area contributed by atoms with Gasteiger partial charge in [0.25, 0.3) is 0 Å². The molecule has 14 heteroatoms. The van der Waals surface area contributed by atoms with Gasteiger partial charge in [0.05, 0.1) is 18.8 Å². The number of aliphatic hydroxyl groups is 1. The van der Waals surface area contributed by atoms with Crippen LogP contribution in [0.25, 0.3) is 11.1 Å². The van der Waals surface area contributed by atoms with Crippen molar-refractivity contribution in [1.29, 1.82) is 0 Å². The molecule has 4 atom stereocenters. The summed E-state index contributed by atoms with van der Waals surface area (Å²) in [6, 6.07) is 21.9. The van der Waals surface area contributed by atoms with Gasteiger partial charge in [-0.1, -0.05) is 78.5 Å². The Morgan fingerprint density at radius 2 is 1.76 bits per heavy atom. The molecule has 6 rings (SSSR count). The number of nitrogens with zero attached hydrogens (tertiary/aromatic N) is 4. The maximum absolute atomic E-state index is 13.0. The first-order chi connectivity index (χ1) is 23.6. The van der Waals surface area contributed by atoms with Gasteiger partial charge in [0.1, 0.15) is 12.4 Å². The number of halogens is 3. The number of hydrogen-bond acceptors (Lipinski definition) is 8. The summed E-state index contributed by atoms with van der Waals surface area (Å²) in [6.45, 7) is -0.0295. The number of rotatable bonds is 10. The van der Waals surface area contributed by atoms with Gasteiger partial charge in [0.2, 0.25) is 5.91 Å². The number of thioether (sulfide) groups is 1. The molecule has 4 unspecified atom stereocenters. The first-order valence-electron chi connectivity index (χ1n) is 15.9. The van der Waals surface area contributed by atoms with E-state index in [-0.39, 0.29) is 38.3 Å². The first-order valence-corrected chi connectivity index (χ1v) is 16.9. The Balaban J connectivity index is 1.12. The highest BCUT2D eigenvalue weighted by atomic mass is 32.2. The molecule has 3 aromatic carbocycles. The number of likely N-dealkylation sites (tertiary alicyclic amines) is 1. The fraction of sp³-hybridized carbons (Fsp3) is 0.371.